The van der Waals surface area contributed by atoms with Crippen LogP contribution in [0, 0.1) is 6.92 Å². The van der Waals surface area contributed by atoms with Crippen LogP contribution in [0.3, 0.4) is 0 Å². The summed E-state index contributed by atoms with van der Waals surface area (Å²) in [4.78, 5) is 45.5. The van der Waals surface area contributed by atoms with Gasteiger partial charge in [-0.2, -0.15) is 23.1 Å². The molecule has 5 rings (SSSR count). The molecule has 1 aromatic carbocycles. The van der Waals surface area contributed by atoms with Crippen molar-refractivity contribution in [3.8, 4) is 5.82 Å². The van der Waals surface area contributed by atoms with Crippen LogP contribution in [0.2, 0.25) is 10.0 Å². The third kappa shape index (κ3) is 6.21. The quantitative estimate of drug-likeness (QED) is 0.313. The highest BCUT2D eigenvalue weighted by Crippen LogP contribution is 2.28. The Morgan fingerprint density at radius 3 is 2.51 bits per heavy atom. The van der Waals surface area contributed by atoms with Gasteiger partial charge in [-0.1, -0.05) is 23.2 Å². The van der Waals surface area contributed by atoms with Crippen LogP contribution in [-0.2, 0) is 12.7 Å². The van der Waals surface area contributed by atoms with E-state index in [1.807, 2.05) is 0 Å². The zero-order valence-corrected chi connectivity index (χ0v) is 23.7. The molecule has 1 fully saturated rings. The second kappa shape index (κ2) is 11.5. The maximum Gasteiger partial charge on any atom is 0.455 e. The van der Waals surface area contributed by atoms with E-state index in [0.717, 1.165) is 9.69 Å². The monoisotopic (exact) mass is 637 g/mol. The van der Waals surface area contributed by atoms with Gasteiger partial charge in [-0.25, -0.2) is 19.5 Å². The lowest BCUT2D eigenvalue weighted by atomic mass is 10.1. The second-order valence-electron chi connectivity index (χ2n) is 9.28. The predicted octanol–water partition coefficient (Wildman–Crippen LogP) is 3.20. The Labute approximate surface area is 250 Å². The lowest BCUT2D eigenvalue weighted by Gasteiger charge is -2.19. The van der Waals surface area contributed by atoms with Crippen molar-refractivity contribution < 1.29 is 27.6 Å². The van der Waals surface area contributed by atoms with E-state index in [-0.39, 0.29) is 51.6 Å². The average Bonchev–Trinajstić information content (AvgIpc) is 3.66. The zero-order chi connectivity index (χ0) is 31.1. The van der Waals surface area contributed by atoms with Crippen LogP contribution in [0.4, 0.5) is 23.7 Å². The summed E-state index contributed by atoms with van der Waals surface area (Å²) >= 11 is 12.5. The molecule has 0 aliphatic carbocycles. The lowest BCUT2D eigenvalue weighted by Crippen LogP contribution is -2.44. The van der Waals surface area contributed by atoms with Crippen LogP contribution >= 0.6 is 23.2 Å². The molecule has 4 heterocycles. The fraction of sp³-hybridized carbons (Fsp3) is 0.250. The molecule has 14 nitrogen and oxygen atoms in total. The maximum atomic E-state index is 13.7. The molecule has 0 bridgehead atoms. The molecular weight excluding hydrogens is 618 g/mol. The molecule has 224 valence electrons. The van der Waals surface area contributed by atoms with Crippen LogP contribution in [0.1, 0.15) is 37.9 Å². The highest BCUT2D eigenvalue weighted by Gasteiger charge is 2.37. The number of aromatic nitrogens is 7. The molecule has 2 N–H and O–H groups in total. The summed E-state index contributed by atoms with van der Waals surface area (Å²) in [5.74, 6) is -2.88. The number of benzene rings is 1. The van der Waals surface area contributed by atoms with E-state index in [2.05, 4.69) is 36.2 Å². The van der Waals surface area contributed by atoms with Gasteiger partial charge in [0, 0.05) is 24.8 Å². The molecule has 4 amide bonds. The highest BCUT2D eigenvalue weighted by molar-refractivity contribution is 6.32. The molecule has 1 saturated heterocycles. The number of rotatable bonds is 7. The molecule has 1 aliphatic rings. The molecular formula is C24H20Cl2F3N11O3. The van der Waals surface area contributed by atoms with Crippen molar-refractivity contribution >= 4 is 46.7 Å². The molecule has 43 heavy (non-hydrogen) atoms. The Kier molecular flexibility index (Phi) is 7.94. The van der Waals surface area contributed by atoms with E-state index >= 15 is 0 Å². The van der Waals surface area contributed by atoms with Gasteiger partial charge in [-0.3, -0.25) is 15.0 Å². The number of likely N-dealkylation sites (N-methyl/N-ethyl adjacent to an activating group) is 1. The topological polar surface area (TPSA) is 156 Å². The third-order valence-corrected chi connectivity index (χ3v) is 6.69. The van der Waals surface area contributed by atoms with Crippen molar-refractivity contribution in [2.75, 3.05) is 25.5 Å². The first-order chi connectivity index (χ1) is 20.3. The maximum absolute atomic E-state index is 13.7. The van der Waals surface area contributed by atoms with Crippen molar-refractivity contribution in [2.24, 2.45) is 0 Å². The standard InChI is InChI=1S/C24H20Cl2F3N11O3/c1-12-8-13(25)9-15(20(41)34-38-7-6-37(2)23(38)43)18(12)31-21(42)17-10-14(11-39-35-22(32-36-39)24(27,28)29)33-40(17)19-16(26)4-3-5-30-19/h3-5,8-10H,6-7,11H2,1-2H3,(H,31,42)(H,34,41). The number of tetrazole rings is 1. The molecule has 0 radical (unpaired) electrons. The number of pyridine rings is 1. The number of anilines is 1. The van der Waals surface area contributed by atoms with Crippen molar-refractivity contribution in [1.82, 2.24) is 50.3 Å². The molecule has 0 saturated carbocycles. The number of halogens is 5. The Morgan fingerprint density at radius 2 is 1.86 bits per heavy atom. The van der Waals surface area contributed by atoms with E-state index in [0.29, 0.717) is 16.9 Å². The van der Waals surface area contributed by atoms with Crippen LogP contribution in [-0.4, -0.2) is 82.9 Å². The van der Waals surface area contributed by atoms with E-state index in [1.165, 1.54) is 35.4 Å². The number of nitrogens with one attached hydrogen (secondary N) is 2. The molecule has 4 aromatic rings. The van der Waals surface area contributed by atoms with Gasteiger partial charge in [0.05, 0.1) is 28.5 Å². The average molecular weight is 638 g/mol. The Bertz CT molecular complexity index is 1740. The number of urea groups is 1. The number of hydrogen-bond acceptors (Lipinski definition) is 8. The van der Waals surface area contributed by atoms with E-state index in [4.69, 9.17) is 23.2 Å². The summed E-state index contributed by atoms with van der Waals surface area (Å²) < 4.78 is 40.0. The van der Waals surface area contributed by atoms with Gasteiger partial charge in [-0.15, -0.1) is 10.2 Å². The van der Waals surface area contributed by atoms with Crippen molar-refractivity contribution in [1.29, 1.82) is 0 Å². The van der Waals surface area contributed by atoms with Crippen molar-refractivity contribution in [2.45, 2.75) is 19.6 Å². The van der Waals surface area contributed by atoms with E-state index in [9.17, 15) is 27.6 Å². The first-order valence-electron chi connectivity index (χ1n) is 12.3. The molecule has 19 heteroatoms. The van der Waals surface area contributed by atoms with Crippen molar-refractivity contribution in [3.05, 3.63) is 74.9 Å². The number of hydrazine groups is 1. The van der Waals surface area contributed by atoms with Gasteiger partial charge in [-0.05, 0) is 48.0 Å². The van der Waals surface area contributed by atoms with Crippen LogP contribution < -0.4 is 10.7 Å². The van der Waals surface area contributed by atoms with Gasteiger partial charge in [0.1, 0.15) is 12.2 Å². The van der Waals surface area contributed by atoms with Gasteiger partial charge < -0.3 is 10.2 Å². The fourth-order valence-electron chi connectivity index (χ4n) is 4.13. The normalized spacial score (nSPS) is 13.5. The molecule has 1 aliphatic heterocycles. The summed E-state index contributed by atoms with van der Waals surface area (Å²) in [6.07, 6.45) is -3.40. The largest absolute Gasteiger partial charge is 0.455 e. The summed E-state index contributed by atoms with van der Waals surface area (Å²) in [7, 11) is 1.59. The number of carbonyl (C=O) groups is 3. The van der Waals surface area contributed by atoms with Gasteiger partial charge in [0.25, 0.3) is 17.6 Å². The Hall–Kier alpha value is -4.77. The van der Waals surface area contributed by atoms with Gasteiger partial charge >= 0.3 is 12.2 Å². The summed E-state index contributed by atoms with van der Waals surface area (Å²) in [5, 5.41) is 18.1. The third-order valence-electron chi connectivity index (χ3n) is 6.18. The molecule has 3 aromatic heterocycles. The van der Waals surface area contributed by atoms with Crippen LogP contribution in [0.15, 0.2) is 36.5 Å². The van der Waals surface area contributed by atoms with Crippen LogP contribution in [0.25, 0.3) is 5.82 Å². The first kappa shape index (κ1) is 29.7. The first-order valence-corrected chi connectivity index (χ1v) is 13.1. The number of aryl methyl sites for hydroxylation is 1. The SMILES string of the molecule is Cc1cc(Cl)cc(C(=O)NN2CCN(C)C2=O)c1NC(=O)c1cc(Cn2nnc(C(F)(F)F)n2)nn1-c1ncccc1Cl. The summed E-state index contributed by atoms with van der Waals surface area (Å²) in [6.45, 7) is 1.88. The molecule has 0 atom stereocenters. The Morgan fingerprint density at radius 1 is 1.09 bits per heavy atom. The smallest absolute Gasteiger partial charge is 0.324 e. The fourth-order valence-corrected chi connectivity index (χ4v) is 4.61. The van der Waals surface area contributed by atoms with Gasteiger partial charge in [0.15, 0.2) is 5.82 Å². The van der Waals surface area contributed by atoms with E-state index < -0.39 is 29.8 Å². The number of alkyl halides is 3. The highest BCUT2D eigenvalue weighted by atomic mass is 35.5. The number of hydrogen-bond donors (Lipinski definition) is 2. The number of carbonyl (C=O) groups excluding carboxylic acids is 3. The number of amides is 4. The predicted molar refractivity (Wildman–Crippen MR) is 145 cm³/mol. The second-order valence-corrected chi connectivity index (χ2v) is 10.1. The zero-order valence-electron chi connectivity index (χ0n) is 22.2. The van der Waals surface area contributed by atoms with Crippen LogP contribution in [0.5, 0.6) is 0 Å². The lowest BCUT2D eigenvalue weighted by molar-refractivity contribution is -0.145. The minimum atomic E-state index is -4.80. The number of nitrogens with zero attached hydrogens (tertiary/aromatic N) is 9. The minimum Gasteiger partial charge on any atom is -0.324 e. The molecule has 0 spiro atoms. The van der Waals surface area contributed by atoms with Crippen molar-refractivity contribution in [3.63, 3.8) is 0 Å². The minimum absolute atomic E-state index is 0.0330. The summed E-state index contributed by atoms with van der Waals surface area (Å²) in [6, 6.07) is 6.78. The van der Waals surface area contributed by atoms with E-state index in [1.54, 1.807) is 20.0 Å². The van der Waals surface area contributed by atoms with Gasteiger partial charge in [0.2, 0.25) is 0 Å². The summed E-state index contributed by atoms with van der Waals surface area (Å²) in [5.41, 5.74) is 2.92. The molecule has 0 unspecified atom stereocenters. The Balaban J connectivity index is 1.49.